The highest BCUT2D eigenvalue weighted by molar-refractivity contribution is 6.30. The van der Waals surface area contributed by atoms with Gasteiger partial charge in [-0.15, -0.1) is 0 Å². The van der Waals surface area contributed by atoms with Gasteiger partial charge in [-0.25, -0.2) is 0 Å². The third-order valence-corrected chi connectivity index (χ3v) is 7.07. The molecule has 34 heavy (non-hydrogen) atoms. The fourth-order valence-electron chi connectivity index (χ4n) is 4.94. The first-order valence-corrected chi connectivity index (χ1v) is 12.3. The van der Waals surface area contributed by atoms with Crippen LogP contribution < -0.4 is 14.2 Å². The van der Waals surface area contributed by atoms with Crippen molar-refractivity contribution in [2.24, 2.45) is 5.92 Å². The van der Waals surface area contributed by atoms with Gasteiger partial charge in [-0.2, -0.15) is 0 Å². The summed E-state index contributed by atoms with van der Waals surface area (Å²) in [5, 5.41) is 0.647. The largest absolute Gasteiger partial charge is 0.490 e. The summed E-state index contributed by atoms with van der Waals surface area (Å²) in [6.07, 6.45) is 4.13. The van der Waals surface area contributed by atoms with E-state index in [-0.39, 0.29) is 30.6 Å². The first-order chi connectivity index (χ1) is 16.6. The Balaban J connectivity index is 1.31. The van der Waals surface area contributed by atoms with Gasteiger partial charge < -0.3 is 24.0 Å². The lowest BCUT2D eigenvalue weighted by atomic mass is 9.90. The molecule has 3 aliphatic rings. The molecule has 180 valence electrons. The number of halogens is 1. The second-order valence-electron chi connectivity index (χ2n) is 9.12. The zero-order valence-electron chi connectivity index (χ0n) is 19.1. The Hall–Kier alpha value is -2.93. The van der Waals surface area contributed by atoms with E-state index in [0.717, 1.165) is 31.7 Å². The Morgan fingerprint density at radius 1 is 0.941 bits per heavy atom. The Morgan fingerprint density at radius 2 is 1.71 bits per heavy atom. The molecule has 3 aliphatic heterocycles. The number of ether oxygens (including phenoxy) is 3. The molecule has 0 aromatic heterocycles. The molecule has 0 N–H and O–H groups in total. The lowest BCUT2D eigenvalue weighted by Crippen LogP contribution is -2.49. The fraction of sp³-hybridized carbons (Fsp3) is 0.462. The first-order valence-electron chi connectivity index (χ1n) is 12.0. The highest BCUT2D eigenvalue weighted by Crippen LogP contribution is 2.34. The molecule has 8 heteroatoms. The summed E-state index contributed by atoms with van der Waals surface area (Å²) in [5.74, 6) is 1.93. The molecule has 2 fully saturated rings. The third kappa shape index (κ3) is 5.09. The van der Waals surface area contributed by atoms with Crippen molar-refractivity contribution in [1.29, 1.82) is 0 Å². The lowest BCUT2D eigenvalue weighted by molar-refractivity contribution is -0.134. The number of hydrogen-bond donors (Lipinski definition) is 0. The van der Waals surface area contributed by atoms with Crippen molar-refractivity contribution in [3.8, 4) is 17.2 Å². The van der Waals surface area contributed by atoms with E-state index in [2.05, 4.69) is 0 Å². The molecule has 2 aromatic rings. The van der Waals surface area contributed by atoms with Gasteiger partial charge in [0.1, 0.15) is 11.9 Å². The summed E-state index contributed by atoms with van der Waals surface area (Å²) >= 11 is 6.02. The second-order valence-corrected chi connectivity index (χ2v) is 9.56. The van der Waals surface area contributed by atoms with Crippen molar-refractivity contribution in [2.75, 3.05) is 33.0 Å². The first kappa shape index (κ1) is 22.8. The molecular formula is C26H29ClN2O5. The van der Waals surface area contributed by atoms with Gasteiger partial charge in [0.15, 0.2) is 11.5 Å². The van der Waals surface area contributed by atoms with Gasteiger partial charge >= 0.3 is 0 Å². The second kappa shape index (κ2) is 10.1. The molecule has 3 heterocycles. The van der Waals surface area contributed by atoms with Crippen LogP contribution in [0.25, 0.3) is 0 Å². The van der Waals surface area contributed by atoms with Gasteiger partial charge in [-0.3, -0.25) is 9.59 Å². The van der Waals surface area contributed by atoms with Gasteiger partial charge in [0.05, 0.1) is 0 Å². The van der Waals surface area contributed by atoms with Gasteiger partial charge in [-0.05, 0) is 61.7 Å². The predicted molar refractivity (Wildman–Crippen MR) is 127 cm³/mol. The molecule has 2 aromatic carbocycles. The number of rotatable bonds is 5. The minimum atomic E-state index is -0.157. The standard InChI is InChI=1S/C26H29ClN2O5/c27-20-5-7-21(8-6-20)34-22-10-13-29(16-19(22)15-25(30)28-11-2-1-3-12-28)26(31)18-4-9-23-24(14-18)33-17-32-23/h4-9,14,19,22H,1-3,10-13,15-17H2/t19-,22-/m0/s1. The monoisotopic (exact) mass is 484 g/mol. The summed E-state index contributed by atoms with van der Waals surface area (Å²) in [4.78, 5) is 30.2. The van der Waals surface area contributed by atoms with Crippen molar-refractivity contribution >= 4 is 23.4 Å². The lowest BCUT2D eigenvalue weighted by Gasteiger charge is -2.39. The third-order valence-electron chi connectivity index (χ3n) is 6.82. The number of nitrogens with zero attached hydrogens (tertiary/aromatic N) is 2. The number of fused-ring (bicyclic) bond motifs is 1. The number of carbonyl (C=O) groups excluding carboxylic acids is 2. The van der Waals surface area contributed by atoms with Crippen molar-refractivity contribution < 1.29 is 23.8 Å². The summed E-state index contributed by atoms with van der Waals surface area (Å²) in [6, 6.07) is 12.5. The fourth-order valence-corrected chi connectivity index (χ4v) is 5.07. The van der Waals surface area contributed by atoms with E-state index in [1.807, 2.05) is 21.9 Å². The summed E-state index contributed by atoms with van der Waals surface area (Å²) in [6.45, 7) is 2.81. The zero-order valence-corrected chi connectivity index (χ0v) is 19.8. The van der Waals surface area contributed by atoms with E-state index in [1.54, 1.807) is 30.3 Å². The number of likely N-dealkylation sites (tertiary alicyclic amines) is 2. The Labute approximate surface area is 204 Å². The molecule has 2 atom stereocenters. The van der Waals surface area contributed by atoms with E-state index >= 15 is 0 Å². The molecule has 0 unspecified atom stereocenters. The van der Waals surface area contributed by atoms with Crippen molar-refractivity contribution in [1.82, 2.24) is 9.80 Å². The van der Waals surface area contributed by atoms with Gasteiger partial charge in [0.2, 0.25) is 12.7 Å². The number of benzene rings is 2. The maximum absolute atomic E-state index is 13.3. The molecular weight excluding hydrogens is 456 g/mol. The van der Waals surface area contributed by atoms with Gasteiger partial charge in [-0.1, -0.05) is 11.6 Å². The Kier molecular flexibility index (Phi) is 6.81. The highest BCUT2D eigenvalue weighted by Gasteiger charge is 2.36. The minimum Gasteiger partial charge on any atom is -0.490 e. The molecule has 0 saturated carbocycles. The van der Waals surface area contributed by atoms with E-state index in [0.29, 0.717) is 48.0 Å². The molecule has 0 spiro atoms. The molecule has 2 saturated heterocycles. The highest BCUT2D eigenvalue weighted by atomic mass is 35.5. The van der Waals surface area contributed by atoms with Crippen LogP contribution >= 0.6 is 11.6 Å². The van der Waals surface area contributed by atoms with E-state index in [1.165, 1.54) is 6.42 Å². The average Bonchev–Trinajstić information content (AvgIpc) is 3.34. The summed E-state index contributed by atoms with van der Waals surface area (Å²) in [5.41, 5.74) is 0.558. The van der Waals surface area contributed by atoms with Crippen molar-refractivity contribution in [2.45, 2.75) is 38.2 Å². The topological polar surface area (TPSA) is 68.3 Å². The number of amides is 2. The van der Waals surface area contributed by atoms with E-state index in [9.17, 15) is 9.59 Å². The molecule has 0 aliphatic carbocycles. The van der Waals surface area contributed by atoms with Crippen LogP contribution in [0.5, 0.6) is 17.2 Å². The molecule has 0 radical (unpaired) electrons. The van der Waals surface area contributed by atoms with Crippen molar-refractivity contribution in [3.05, 3.63) is 53.1 Å². The minimum absolute atomic E-state index is 0.0707. The van der Waals surface area contributed by atoms with E-state index in [4.69, 9.17) is 25.8 Å². The summed E-state index contributed by atoms with van der Waals surface area (Å²) < 4.78 is 17.1. The van der Waals surface area contributed by atoms with Crippen LogP contribution in [0.1, 0.15) is 42.5 Å². The Bertz CT molecular complexity index is 1040. The van der Waals surface area contributed by atoms with Crippen LogP contribution in [0.3, 0.4) is 0 Å². The van der Waals surface area contributed by atoms with Crippen LogP contribution in [0.4, 0.5) is 0 Å². The van der Waals surface area contributed by atoms with E-state index < -0.39 is 0 Å². The maximum atomic E-state index is 13.3. The Morgan fingerprint density at radius 3 is 2.50 bits per heavy atom. The van der Waals surface area contributed by atoms with Crippen LogP contribution in [0.15, 0.2) is 42.5 Å². The van der Waals surface area contributed by atoms with Crippen LogP contribution in [0, 0.1) is 5.92 Å². The molecule has 0 bridgehead atoms. The molecule has 2 amide bonds. The molecule has 5 rings (SSSR count). The summed E-state index contributed by atoms with van der Waals surface area (Å²) in [7, 11) is 0. The van der Waals surface area contributed by atoms with Crippen molar-refractivity contribution in [3.63, 3.8) is 0 Å². The van der Waals surface area contributed by atoms with Crippen LogP contribution in [-0.2, 0) is 4.79 Å². The number of carbonyl (C=O) groups is 2. The van der Waals surface area contributed by atoms with Gasteiger partial charge in [0, 0.05) is 55.5 Å². The maximum Gasteiger partial charge on any atom is 0.254 e. The number of piperidine rings is 2. The van der Waals surface area contributed by atoms with Gasteiger partial charge in [0.25, 0.3) is 5.91 Å². The quantitative estimate of drug-likeness (QED) is 0.630. The number of hydrogen-bond acceptors (Lipinski definition) is 5. The zero-order chi connectivity index (χ0) is 23.5. The normalized spacial score (nSPS) is 21.9. The van der Waals surface area contributed by atoms with Crippen LogP contribution in [-0.4, -0.2) is 60.7 Å². The van der Waals surface area contributed by atoms with Crippen LogP contribution in [0.2, 0.25) is 5.02 Å². The predicted octanol–water partition coefficient (Wildman–Crippen LogP) is 4.38. The molecule has 7 nitrogen and oxygen atoms in total. The SMILES string of the molecule is O=C(C[C@H]1CN(C(=O)c2ccc3c(c2)OCO3)CC[C@@H]1Oc1ccc(Cl)cc1)N1CCCCC1. The smallest absolute Gasteiger partial charge is 0.254 e. The average molecular weight is 485 g/mol.